The molecular weight excluding hydrogens is 396 g/mol. The number of fused-ring (bicyclic) bond motifs is 1. The first kappa shape index (κ1) is 17.2. The molecule has 1 heterocycles. The van der Waals surface area contributed by atoms with E-state index in [2.05, 4.69) is 0 Å². The van der Waals surface area contributed by atoms with Crippen molar-refractivity contribution >= 4 is 63.3 Å². The number of carbonyl (C=O) groups is 1. The second-order valence-corrected chi connectivity index (χ2v) is 6.72. The lowest BCUT2D eigenvalue weighted by atomic mass is 10.2. The third-order valence-corrected chi connectivity index (χ3v) is 5.03. The lowest BCUT2D eigenvalue weighted by Gasteiger charge is -2.10. The molecule has 0 spiro atoms. The fourth-order valence-electron chi connectivity index (χ4n) is 2.48. The van der Waals surface area contributed by atoms with E-state index in [-0.39, 0.29) is 28.0 Å². The van der Waals surface area contributed by atoms with Gasteiger partial charge in [0.2, 0.25) is 0 Å². The van der Waals surface area contributed by atoms with Crippen molar-refractivity contribution in [3.8, 4) is 5.75 Å². The van der Waals surface area contributed by atoms with Gasteiger partial charge in [0.1, 0.15) is 5.69 Å². The van der Waals surface area contributed by atoms with Crippen LogP contribution in [0.1, 0.15) is 16.1 Å². The predicted octanol–water partition coefficient (Wildman–Crippen LogP) is 5.71. The molecule has 0 saturated heterocycles. The summed E-state index contributed by atoms with van der Waals surface area (Å²) in [4.78, 5) is 11.6. The number of rotatable bonds is 3. The zero-order valence-electron chi connectivity index (χ0n) is 11.9. The quantitative estimate of drug-likeness (QED) is 0.587. The van der Waals surface area contributed by atoms with Crippen molar-refractivity contribution in [2.75, 3.05) is 0 Å². The molecule has 0 radical (unpaired) electrons. The monoisotopic (exact) mass is 403 g/mol. The Morgan fingerprint density at radius 3 is 2.33 bits per heavy atom. The summed E-state index contributed by atoms with van der Waals surface area (Å²) in [5.74, 6) is -1.41. The van der Waals surface area contributed by atoms with Gasteiger partial charge in [-0.25, -0.2) is 4.79 Å². The number of carboxylic acids is 1. The van der Waals surface area contributed by atoms with E-state index in [9.17, 15) is 15.0 Å². The Morgan fingerprint density at radius 1 is 1.00 bits per heavy atom. The van der Waals surface area contributed by atoms with Crippen molar-refractivity contribution in [1.82, 2.24) is 4.57 Å². The van der Waals surface area contributed by atoms with Crippen molar-refractivity contribution in [3.05, 3.63) is 61.7 Å². The fourth-order valence-corrected chi connectivity index (χ4v) is 3.30. The molecule has 3 rings (SSSR count). The molecule has 0 amide bonds. The minimum absolute atomic E-state index is 0.00730. The number of hydrogen-bond donors (Lipinski definition) is 2. The third kappa shape index (κ3) is 2.91. The first-order chi connectivity index (χ1) is 11.3. The van der Waals surface area contributed by atoms with E-state index in [1.807, 2.05) is 0 Å². The topological polar surface area (TPSA) is 62.5 Å². The molecule has 0 aliphatic carbocycles. The van der Waals surface area contributed by atoms with Crippen LogP contribution in [0.3, 0.4) is 0 Å². The highest BCUT2D eigenvalue weighted by molar-refractivity contribution is 6.42. The van der Waals surface area contributed by atoms with Crippen molar-refractivity contribution in [3.63, 3.8) is 0 Å². The second kappa shape index (κ2) is 6.37. The van der Waals surface area contributed by atoms with Gasteiger partial charge in [0, 0.05) is 11.9 Å². The predicted molar refractivity (Wildman–Crippen MR) is 96.1 cm³/mol. The van der Waals surface area contributed by atoms with Crippen LogP contribution in [0.4, 0.5) is 0 Å². The standard InChI is InChI=1S/C16H9Cl4NO3/c17-9-2-1-7(3-10(9)18)6-21-12-5-11(19)15(22)14(20)8(12)4-13(21)16(23)24/h1-5,22H,6H2,(H,23,24). The number of aromatic nitrogens is 1. The van der Waals surface area contributed by atoms with Gasteiger partial charge in [-0.2, -0.15) is 0 Å². The summed E-state index contributed by atoms with van der Waals surface area (Å²) in [6.45, 7) is 0.222. The van der Waals surface area contributed by atoms with Crippen molar-refractivity contribution in [2.45, 2.75) is 6.54 Å². The normalized spacial score (nSPS) is 11.2. The highest BCUT2D eigenvalue weighted by atomic mass is 35.5. The van der Waals surface area contributed by atoms with Gasteiger partial charge in [0.05, 0.1) is 25.6 Å². The summed E-state index contributed by atoms with van der Waals surface area (Å²) in [6, 6.07) is 7.91. The summed E-state index contributed by atoms with van der Waals surface area (Å²) < 4.78 is 1.54. The average molecular weight is 405 g/mol. The number of phenols is 1. The van der Waals surface area contributed by atoms with E-state index in [0.717, 1.165) is 5.56 Å². The van der Waals surface area contributed by atoms with Crippen LogP contribution in [-0.2, 0) is 6.54 Å². The molecule has 0 saturated carbocycles. The average Bonchev–Trinajstić information content (AvgIpc) is 2.88. The SMILES string of the molecule is O=C(O)c1cc2c(Cl)c(O)c(Cl)cc2n1Cc1ccc(Cl)c(Cl)c1. The number of phenolic OH excluding ortho intramolecular Hbond substituents is 1. The van der Waals surface area contributed by atoms with Gasteiger partial charge in [0.25, 0.3) is 0 Å². The molecule has 1 aromatic heterocycles. The van der Waals surface area contributed by atoms with Crippen LogP contribution < -0.4 is 0 Å². The molecule has 0 aliphatic heterocycles. The Morgan fingerprint density at radius 2 is 1.71 bits per heavy atom. The van der Waals surface area contributed by atoms with E-state index in [1.165, 1.54) is 16.7 Å². The Kier molecular flexibility index (Phi) is 4.58. The Bertz CT molecular complexity index is 981. The summed E-state index contributed by atoms with van der Waals surface area (Å²) >= 11 is 24.0. The molecule has 3 aromatic rings. The zero-order chi connectivity index (χ0) is 17.6. The number of aromatic carboxylic acids is 1. The molecule has 0 unspecified atom stereocenters. The van der Waals surface area contributed by atoms with Gasteiger partial charge < -0.3 is 14.8 Å². The van der Waals surface area contributed by atoms with Crippen LogP contribution in [0.2, 0.25) is 20.1 Å². The van der Waals surface area contributed by atoms with Crippen LogP contribution in [-0.4, -0.2) is 20.7 Å². The van der Waals surface area contributed by atoms with Crippen LogP contribution in [0, 0.1) is 0 Å². The summed E-state index contributed by atoms with van der Waals surface area (Å²) in [5.41, 5.74) is 1.26. The van der Waals surface area contributed by atoms with Crippen molar-refractivity contribution < 1.29 is 15.0 Å². The molecule has 124 valence electrons. The molecule has 2 aromatic carbocycles. The second-order valence-electron chi connectivity index (χ2n) is 5.12. The van der Waals surface area contributed by atoms with Gasteiger partial charge in [-0.1, -0.05) is 52.5 Å². The van der Waals surface area contributed by atoms with Crippen molar-refractivity contribution in [1.29, 1.82) is 0 Å². The third-order valence-electron chi connectivity index (χ3n) is 3.62. The minimum atomic E-state index is -1.13. The first-order valence-corrected chi connectivity index (χ1v) is 8.18. The maximum atomic E-state index is 11.6. The molecule has 4 nitrogen and oxygen atoms in total. The molecule has 0 atom stereocenters. The van der Waals surface area contributed by atoms with Gasteiger partial charge in [-0.15, -0.1) is 0 Å². The number of hydrogen-bond acceptors (Lipinski definition) is 2. The zero-order valence-corrected chi connectivity index (χ0v) is 14.9. The van der Waals surface area contributed by atoms with Gasteiger partial charge in [0.15, 0.2) is 5.75 Å². The molecule has 0 bridgehead atoms. The van der Waals surface area contributed by atoms with Gasteiger partial charge in [-0.05, 0) is 29.8 Å². The molecule has 2 N–H and O–H groups in total. The van der Waals surface area contributed by atoms with Crippen LogP contribution in [0.5, 0.6) is 5.75 Å². The summed E-state index contributed by atoms with van der Waals surface area (Å²) in [7, 11) is 0. The van der Waals surface area contributed by atoms with Crippen LogP contribution in [0.25, 0.3) is 10.9 Å². The minimum Gasteiger partial charge on any atom is -0.505 e. The molecule has 0 aliphatic rings. The van der Waals surface area contributed by atoms with Crippen LogP contribution >= 0.6 is 46.4 Å². The van der Waals surface area contributed by atoms with E-state index in [4.69, 9.17) is 46.4 Å². The Hall–Kier alpha value is -1.59. The summed E-state index contributed by atoms with van der Waals surface area (Å²) in [6.07, 6.45) is 0. The highest BCUT2D eigenvalue weighted by Crippen LogP contribution is 2.40. The number of benzene rings is 2. The number of aromatic hydroxyl groups is 1. The smallest absolute Gasteiger partial charge is 0.352 e. The number of carboxylic acid groups (broad SMARTS) is 1. The van der Waals surface area contributed by atoms with Crippen LogP contribution in [0.15, 0.2) is 30.3 Å². The van der Waals surface area contributed by atoms with Gasteiger partial charge in [-0.3, -0.25) is 0 Å². The lowest BCUT2D eigenvalue weighted by Crippen LogP contribution is -2.09. The van der Waals surface area contributed by atoms with E-state index < -0.39 is 5.97 Å². The van der Waals surface area contributed by atoms with Crippen molar-refractivity contribution in [2.24, 2.45) is 0 Å². The first-order valence-electron chi connectivity index (χ1n) is 6.67. The molecular formula is C16H9Cl4NO3. The maximum absolute atomic E-state index is 11.6. The Labute approximate surface area is 156 Å². The van der Waals surface area contributed by atoms with E-state index >= 15 is 0 Å². The highest BCUT2D eigenvalue weighted by Gasteiger charge is 2.20. The largest absolute Gasteiger partial charge is 0.505 e. The van der Waals surface area contributed by atoms with E-state index in [0.29, 0.717) is 20.9 Å². The molecule has 8 heteroatoms. The fraction of sp³-hybridized carbons (Fsp3) is 0.0625. The van der Waals surface area contributed by atoms with Gasteiger partial charge >= 0.3 is 5.97 Å². The molecule has 0 fully saturated rings. The lowest BCUT2D eigenvalue weighted by molar-refractivity contribution is 0.0686. The Balaban J connectivity index is 2.23. The summed E-state index contributed by atoms with van der Waals surface area (Å²) in [5, 5.41) is 20.5. The maximum Gasteiger partial charge on any atom is 0.352 e. The number of nitrogens with zero attached hydrogens (tertiary/aromatic N) is 1. The van der Waals surface area contributed by atoms with E-state index in [1.54, 1.807) is 18.2 Å². The number of halogens is 4. The molecule has 24 heavy (non-hydrogen) atoms.